The van der Waals surface area contributed by atoms with E-state index in [9.17, 15) is 23.6 Å². The van der Waals surface area contributed by atoms with Crippen LogP contribution in [0.1, 0.15) is 31.7 Å². The van der Waals surface area contributed by atoms with Crippen LogP contribution in [0.5, 0.6) is 0 Å². The fourth-order valence-electron chi connectivity index (χ4n) is 3.82. The first-order valence-corrected chi connectivity index (χ1v) is 9.24. The number of imide groups is 1. The van der Waals surface area contributed by atoms with E-state index in [1.807, 2.05) is 4.90 Å². The molecule has 4 rings (SSSR count). The number of halogens is 1. The van der Waals surface area contributed by atoms with Crippen LogP contribution in [-0.4, -0.2) is 41.0 Å². The van der Waals surface area contributed by atoms with Crippen molar-refractivity contribution in [3.05, 3.63) is 34.5 Å². The monoisotopic (exact) mass is 386 g/mol. The average Bonchev–Trinajstić information content (AvgIpc) is 2.71. The number of hydrogen-bond acceptors (Lipinski definition) is 6. The number of carbonyl (C=O) groups excluding carboxylic acids is 3. The summed E-state index contributed by atoms with van der Waals surface area (Å²) in [5, 5.41) is 6.08. The van der Waals surface area contributed by atoms with Gasteiger partial charge in [0.2, 0.25) is 11.9 Å². The number of benzene rings is 1. The van der Waals surface area contributed by atoms with Gasteiger partial charge in [-0.15, -0.1) is 5.10 Å². The standard InChI is InChI=1S/C19H19FN4O4/c20-17-14-9-12(23-7-5-11(10-25)6-8-23)1-2-13(14)19(28)24(22-17)15-3-4-16(26)21-18(15)27/h1-2,9-11,15H,3-8H2,(H,21,26,27). The van der Waals surface area contributed by atoms with Gasteiger partial charge in [-0.25, -0.2) is 4.68 Å². The minimum Gasteiger partial charge on any atom is -0.371 e. The second kappa shape index (κ2) is 7.14. The van der Waals surface area contributed by atoms with Crippen molar-refractivity contribution >= 4 is 34.6 Å². The lowest BCUT2D eigenvalue weighted by Crippen LogP contribution is -2.45. The highest BCUT2D eigenvalue weighted by Gasteiger charge is 2.31. The number of nitrogens with one attached hydrogen (secondary N) is 1. The highest BCUT2D eigenvalue weighted by molar-refractivity contribution is 5.99. The van der Waals surface area contributed by atoms with Gasteiger partial charge in [0, 0.05) is 36.5 Å². The molecule has 2 saturated heterocycles. The summed E-state index contributed by atoms with van der Waals surface area (Å²) in [6, 6.07) is 3.84. The first-order valence-electron chi connectivity index (χ1n) is 9.24. The zero-order chi connectivity index (χ0) is 19.8. The number of aldehydes is 1. The molecule has 1 unspecified atom stereocenters. The molecule has 3 heterocycles. The van der Waals surface area contributed by atoms with Gasteiger partial charge in [0.15, 0.2) is 0 Å². The number of hydrogen-bond donors (Lipinski definition) is 1. The van der Waals surface area contributed by atoms with E-state index < -0.39 is 29.4 Å². The Morgan fingerprint density at radius 3 is 2.54 bits per heavy atom. The molecule has 0 spiro atoms. The minimum absolute atomic E-state index is 0.0517. The molecular formula is C19H19FN4O4. The molecule has 0 aliphatic carbocycles. The second-order valence-corrected chi connectivity index (χ2v) is 7.20. The largest absolute Gasteiger partial charge is 0.371 e. The van der Waals surface area contributed by atoms with Crippen molar-refractivity contribution in [2.75, 3.05) is 18.0 Å². The zero-order valence-corrected chi connectivity index (χ0v) is 15.1. The Morgan fingerprint density at radius 1 is 1.11 bits per heavy atom. The van der Waals surface area contributed by atoms with Crippen LogP contribution in [0, 0.1) is 11.9 Å². The molecule has 2 aromatic rings. The lowest BCUT2D eigenvalue weighted by atomic mass is 9.98. The summed E-state index contributed by atoms with van der Waals surface area (Å²) >= 11 is 0. The third-order valence-corrected chi connectivity index (χ3v) is 5.46. The lowest BCUT2D eigenvalue weighted by Gasteiger charge is -2.31. The molecule has 2 aliphatic rings. The Bertz CT molecular complexity index is 1030. The molecule has 0 saturated carbocycles. The first-order chi connectivity index (χ1) is 13.5. The summed E-state index contributed by atoms with van der Waals surface area (Å²) in [5.41, 5.74) is 0.188. The molecule has 1 atom stereocenters. The highest BCUT2D eigenvalue weighted by atomic mass is 19.1. The minimum atomic E-state index is -1.01. The van der Waals surface area contributed by atoms with Gasteiger partial charge >= 0.3 is 0 Å². The smallest absolute Gasteiger partial charge is 0.275 e. The zero-order valence-electron chi connectivity index (χ0n) is 15.1. The van der Waals surface area contributed by atoms with Gasteiger partial charge in [-0.1, -0.05) is 0 Å². The summed E-state index contributed by atoms with van der Waals surface area (Å²) in [6.07, 6.45) is 2.61. The molecular weight excluding hydrogens is 367 g/mol. The van der Waals surface area contributed by atoms with Crippen LogP contribution in [0.3, 0.4) is 0 Å². The molecule has 146 valence electrons. The first kappa shape index (κ1) is 18.3. The number of aromatic nitrogens is 2. The van der Waals surface area contributed by atoms with Gasteiger partial charge < -0.3 is 9.69 Å². The normalized spacial score (nSPS) is 21.0. The van der Waals surface area contributed by atoms with E-state index >= 15 is 0 Å². The SMILES string of the molecule is O=CC1CCN(c2ccc3c(=O)n(C4CCC(=O)NC4=O)nc(F)c3c2)CC1. The van der Waals surface area contributed by atoms with Crippen molar-refractivity contribution < 1.29 is 18.8 Å². The third kappa shape index (κ3) is 3.17. The van der Waals surface area contributed by atoms with Gasteiger partial charge in [0.1, 0.15) is 12.3 Å². The Kier molecular flexibility index (Phi) is 4.66. The van der Waals surface area contributed by atoms with Crippen molar-refractivity contribution in [1.82, 2.24) is 15.1 Å². The fourth-order valence-corrected chi connectivity index (χ4v) is 3.82. The summed E-state index contributed by atoms with van der Waals surface area (Å²) in [7, 11) is 0. The molecule has 2 fully saturated rings. The maximum absolute atomic E-state index is 14.7. The van der Waals surface area contributed by atoms with E-state index in [0.29, 0.717) is 13.1 Å². The van der Waals surface area contributed by atoms with Crippen LogP contribution in [0.2, 0.25) is 0 Å². The van der Waals surface area contributed by atoms with Gasteiger partial charge in [0.05, 0.1) is 5.39 Å². The van der Waals surface area contributed by atoms with Crippen LogP contribution in [-0.2, 0) is 14.4 Å². The van der Waals surface area contributed by atoms with Crippen molar-refractivity contribution in [3.63, 3.8) is 0 Å². The van der Waals surface area contributed by atoms with Crippen molar-refractivity contribution in [3.8, 4) is 0 Å². The number of fused-ring (bicyclic) bond motifs is 1. The van der Waals surface area contributed by atoms with E-state index in [1.165, 1.54) is 6.07 Å². The van der Waals surface area contributed by atoms with Crippen molar-refractivity contribution in [1.29, 1.82) is 0 Å². The molecule has 8 nitrogen and oxygen atoms in total. The number of anilines is 1. The van der Waals surface area contributed by atoms with Crippen LogP contribution >= 0.6 is 0 Å². The van der Waals surface area contributed by atoms with E-state index in [0.717, 1.165) is 29.5 Å². The van der Waals surface area contributed by atoms with Gasteiger partial charge in [-0.2, -0.15) is 4.39 Å². The summed E-state index contributed by atoms with van der Waals surface area (Å²) < 4.78 is 15.5. The number of piperidine rings is 2. The Hall–Kier alpha value is -3.10. The molecule has 2 amide bonds. The van der Waals surface area contributed by atoms with Gasteiger partial charge in [0.25, 0.3) is 11.5 Å². The van der Waals surface area contributed by atoms with E-state index in [1.54, 1.807) is 12.1 Å². The second-order valence-electron chi connectivity index (χ2n) is 7.20. The third-order valence-electron chi connectivity index (χ3n) is 5.46. The number of amides is 2. The molecule has 0 radical (unpaired) electrons. The summed E-state index contributed by atoms with van der Waals surface area (Å²) in [4.78, 5) is 49.1. The molecule has 1 N–H and O–H groups in total. The van der Waals surface area contributed by atoms with Gasteiger partial charge in [-0.3, -0.25) is 19.7 Å². The summed E-state index contributed by atoms with van der Waals surface area (Å²) in [5.74, 6) is -1.86. The quantitative estimate of drug-likeness (QED) is 0.622. The molecule has 9 heteroatoms. The number of nitrogens with zero attached hydrogens (tertiary/aromatic N) is 3. The average molecular weight is 386 g/mol. The molecule has 28 heavy (non-hydrogen) atoms. The molecule has 0 bridgehead atoms. The fraction of sp³-hybridized carbons (Fsp3) is 0.421. The van der Waals surface area contributed by atoms with Crippen LogP contribution in [0.25, 0.3) is 10.8 Å². The van der Waals surface area contributed by atoms with Crippen LogP contribution < -0.4 is 15.8 Å². The Morgan fingerprint density at radius 2 is 1.86 bits per heavy atom. The number of rotatable bonds is 3. The van der Waals surface area contributed by atoms with Crippen LogP contribution in [0.4, 0.5) is 10.1 Å². The van der Waals surface area contributed by atoms with Crippen molar-refractivity contribution in [2.45, 2.75) is 31.7 Å². The highest BCUT2D eigenvalue weighted by Crippen LogP contribution is 2.26. The Labute approximate surface area is 159 Å². The predicted molar refractivity (Wildman–Crippen MR) is 98.4 cm³/mol. The van der Waals surface area contributed by atoms with E-state index in [2.05, 4.69) is 10.4 Å². The summed E-state index contributed by atoms with van der Waals surface area (Å²) in [6.45, 7) is 1.36. The molecule has 1 aromatic carbocycles. The maximum atomic E-state index is 14.7. The van der Waals surface area contributed by atoms with Crippen LogP contribution in [0.15, 0.2) is 23.0 Å². The molecule has 2 aliphatic heterocycles. The Balaban J connectivity index is 1.69. The topological polar surface area (TPSA) is 101 Å². The lowest BCUT2D eigenvalue weighted by molar-refractivity contribution is -0.136. The van der Waals surface area contributed by atoms with E-state index in [4.69, 9.17) is 0 Å². The predicted octanol–water partition coefficient (Wildman–Crippen LogP) is 0.929. The van der Waals surface area contributed by atoms with Crippen molar-refractivity contribution in [2.24, 2.45) is 5.92 Å². The number of carbonyl (C=O) groups is 3. The van der Waals surface area contributed by atoms with Gasteiger partial charge in [-0.05, 0) is 37.5 Å². The van der Waals surface area contributed by atoms with E-state index in [-0.39, 0.29) is 29.5 Å². The maximum Gasteiger partial charge on any atom is 0.275 e. The molecule has 1 aromatic heterocycles.